The standard InChI is InChI=1S/C28H32N6O4/c1-5-21-33-23-24(17-10-6-7-11-18(17)32-27(23)29)34(21)13-9-8-12-30-28(35)19-14-16-15-20(36-2)25(37-3)26(38-4)22(16)31-19/h6-7,10-11,14-15,31H,5,8-9,12-13H2,1-4H3,(H2,29,32)(H,30,35). The van der Waals surface area contributed by atoms with Crippen LogP contribution >= 0.6 is 0 Å². The fourth-order valence-corrected chi connectivity index (χ4v) is 4.97. The second kappa shape index (κ2) is 10.5. The number of aromatic amines is 1. The van der Waals surface area contributed by atoms with Crippen LogP contribution in [-0.4, -0.2) is 53.3 Å². The van der Waals surface area contributed by atoms with Crippen molar-refractivity contribution < 1.29 is 19.0 Å². The summed E-state index contributed by atoms with van der Waals surface area (Å²) < 4.78 is 18.6. The first kappa shape index (κ1) is 25.2. The van der Waals surface area contributed by atoms with E-state index in [-0.39, 0.29) is 5.91 Å². The number of benzene rings is 2. The Kier molecular flexibility index (Phi) is 6.95. The van der Waals surface area contributed by atoms with E-state index in [2.05, 4.69) is 32.8 Å². The van der Waals surface area contributed by atoms with Crippen molar-refractivity contribution in [1.29, 1.82) is 0 Å². The van der Waals surface area contributed by atoms with Crippen molar-refractivity contribution in [3.63, 3.8) is 0 Å². The highest BCUT2D eigenvalue weighted by molar-refractivity contribution is 6.06. The highest BCUT2D eigenvalue weighted by Crippen LogP contribution is 2.43. The number of aryl methyl sites for hydroxylation is 2. The minimum absolute atomic E-state index is 0.187. The van der Waals surface area contributed by atoms with E-state index in [1.807, 2.05) is 24.3 Å². The molecule has 0 unspecified atom stereocenters. The smallest absolute Gasteiger partial charge is 0.267 e. The molecule has 198 valence electrons. The minimum Gasteiger partial charge on any atom is -0.493 e. The largest absolute Gasteiger partial charge is 0.493 e. The van der Waals surface area contributed by atoms with Gasteiger partial charge in [-0.05, 0) is 31.0 Å². The number of H-pyrrole nitrogens is 1. The number of hydrogen-bond donors (Lipinski definition) is 3. The Morgan fingerprint density at radius 3 is 2.58 bits per heavy atom. The molecule has 0 saturated carbocycles. The van der Waals surface area contributed by atoms with Gasteiger partial charge in [0, 0.05) is 30.3 Å². The highest BCUT2D eigenvalue weighted by Gasteiger charge is 2.20. The molecule has 0 saturated heterocycles. The third-order valence-corrected chi connectivity index (χ3v) is 6.76. The van der Waals surface area contributed by atoms with Gasteiger partial charge in [0.1, 0.15) is 17.0 Å². The number of ether oxygens (including phenoxy) is 3. The van der Waals surface area contributed by atoms with Crippen LogP contribution in [0.1, 0.15) is 36.1 Å². The second-order valence-corrected chi connectivity index (χ2v) is 9.00. The van der Waals surface area contributed by atoms with E-state index < -0.39 is 0 Å². The van der Waals surface area contributed by atoms with Crippen LogP contribution in [0.4, 0.5) is 5.82 Å². The molecule has 10 heteroatoms. The summed E-state index contributed by atoms with van der Waals surface area (Å²) >= 11 is 0. The van der Waals surface area contributed by atoms with Gasteiger partial charge in [0.15, 0.2) is 17.3 Å². The summed E-state index contributed by atoms with van der Waals surface area (Å²) in [6, 6.07) is 11.6. The van der Waals surface area contributed by atoms with Gasteiger partial charge in [-0.1, -0.05) is 25.1 Å². The Morgan fingerprint density at radius 2 is 1.84 bits per heavy atom. The van der Waals surface area contributed by atoms with Crippen molar-refractivity contribution in [2.24, 2.45) is 0 Å². The van der Waals surface area contributed by atoms with Gasteiger partial charge in [-0.3, -0.25) is 4.79 Å². The number of amides is 1. The van der Waals surface area contributed by atoms with Crippen molar-refractivity contribution in [3.8, 4) is 17.2 Å². The topological polar surface area (TPSA) is 129 Å². The summed E-state index contributed by atoms with van der Waals surface area (Å²) in [5.41, 5.74) is 9.99. The molecule has 0 aliphatic rings. The van der Waals surface area contributed by atoms with Gasteiger partial charge in [0.2, 0.25) is 5.75 Å². The van der Waals surface area contributed by atoms with Crippen molar-refractivity contribution in [3.05, 3.63) is 47.9 Å². The number of hydrogen-bond acceptors (Lipinski definition) is 7. The zero-order valence-corrected chi connectivity index (χ0v) is 22.1. The zero-order chi connectivity index (χ0) is 26.8. The van der Waals surface area contributed by atoms with Crippen LogP contribution in [0.3, 0.4) is 0 Å². The number of unbranched alkanes of at least 4 members (excludes halogenated alkanes) is 1. The molecule has 0 fully saturated rings. The maximum atomic E-state index is 12.9. The summed E-state index contributed by atoms with van der Waals surface area (Å²) in [5, 5.41) is 4.85. The number of anilines is 1. The SMILES string of the molecule is CCc1nc2c(N)nc3ccccc3c2n1CCCCNC(=O)c1cc2cc(OC)c(OC)c(OC)c2[nH]1. The summed E-state index contributed by atoms with van der Waals surface area (Å²) in [7, 11) is 4.67. The number of nitrogens with two attached hydrogens (primary N) is 1. The summed E-state index contributed by atoms with van der Waals surface area (Å²) in [6.45, 7) is 3.40. The van der Waals surface area contributed by atoms with Crippen molar-refractivity contribution in [2.45, 2.75) is 32.7 Å². The number of para-hydroxylation sites is 1. The normalized spacial score (nSPS) is 11.4. The van der Waals surface area contributed by atoms with Gasteiger partial charge in [-0.2, -0.15) is 0 Å². The number of aromatic nitrogens is 4. The number of nitrogens with zero attached hydrogens (tertiary/aromatic N) is 3. The number of fused-ring (bicyclic) bond motifs is 4. The van der Waals surface area contributed by atoms with Crippen LogP contribution < -0.4 is 25.3 Å². The number of carbonyl (C=O) groups is 1. The lowest BCUT2D eigenvalue weighted by molar-refractivity contribution is 0.0948. The van der Waals surface area contributed by atoms with Crippen LogP contribution in [0, 0.1) is 0 Å². The molecule has 10 nitrogen and oxygen atoms in total. The van der Waals surface area contributed by atoms with Gasteiger partial charge < -0.3 is 34.8 Å². The molecular weight excluding hydrogens is 484 g/mol. The number of pyridine rings is 1. The number of nitrogens with one attached hydrogen (secondary N) is 2. The van der Waals surface area contributed by atoms with Gasteiger partial charge >= 0.3 is 0 Å². The zero-order valence-electron chi connectivity index (χ0n) is 22.1. The lowest BCUT2D eigenvalue weighted by Crippen LogP contribution is -2.25. The maximum Gasteiger partial charge on any atom is 0.267 e. The number of methoxy groups -OCH3 is 3. The van der Waals surface area contributed by atoms with Gasteiger partial charge in [0.05, 0.1) is 37.9 Å². The Balaban J connectivity index is 1.28. The van der Waals surface area contributed by atoms with E-state index in [0.717, 1.165) is 59.0 Å². The molecule has 3 heterocycles. The number of imidazole rings is 1. The Bertz CT molecular complexity index is 1640. The molecule has 0 atom stereocenters. The predicted molar refractivity (Wildman–Crippen MR) is 148 cm³/mol. The fraction of sp³-hybridized carbons (Fsp3) is 0.321. The average Bonchev–Trinajstić information content (AvgIpc) is 3.53. The van der Waals surface area contributed by atoms with E-state index in [1.165, 1.54) is 0 Å². The van der Waals surface area contributed by atoms with E-state index in [4.69, 9.17) is 24.9 Å². The Morgan fingerprint density at radius 1 is 1.05 bits per heavy atom. The molecular formula is C28H32N6O4. The molecule has 0 bridgehead atoms. The van der Waals surface area contributed by atoms with Crippen LogP contribution in [0.15, 0.2) is 36.4 Å². The lowest BCUT2D eigenvalue weighted by Gasteiger charge is -2.12. The third-order valence-electron chi connectivity index (χ3n) is 6.76. The number of nitrogen functional groups attached to an aromatic ring is 1. The molecule has 1 amide bonds. The molecule has 2 aromatic carbocycles. The van der Waals surface area contributed by atoms with Gasteiger partial charge in [-0.15, -0.1) is 0 Å². The lowest BCUT2D eigenvalue weighted by atomic mass is 10.2. The second-order valence-electron chi connectivity index (χ2n) is 9.00. The Hall–Kier alpha value is -4.47. The summed E-state index contributed by atoms with van der Waals surface area (Å²) in [6.07, 6.45) is 2.46. The molecule has 0 aliphatic carbocycles. The minimum atomic E-state index is -0.187. The molecule has 0 aliphatic heterocycles. The van der Waals surface area contributed by atoms with Crippen LogP contribution in [-0.2, 0) is 13.0 Å². The third kappa shape index (κ3) is 4.31. The quantitative estimate of drug-likeness (QED) is 0.234. The molecule has 5 aromatic rings. The fourth-order valence-electron chi connectivity index (χ4n) is 4.97. The van der Waals surface area contributed by atoms with Crippen LogP contribution in [0.5, 0.6) is 17.2 Å². The van der Waals surface area contributed by atoms with Gasteiger partial charge in [0.25, 0.3) is 5.91 Å². The van der Waals surface area contributed by atoms with Crippen molar-refractivity contribution in [1.82, 2.24) is 24.8 Å². The highest BCUT2D eigenvalue weighted by atomic mass is 16.5. The van der Waals surface area contributed by atoms with E-state index >= 15 is 0 Å². The van der Waals surface area contributed by atoms with Crippen LogP contribution in [0.25, 0.3) is 32.8 Å². The number of rotatable bonds is 10. The molecule has 3 aromatic heterocycles. The molecule has 5 rings (SSSR count). The maximum absolute atomic E-state index is 12.9. The molecule has 4 N–H and O–H groups in total. The predicted octanol–water partition coefficient (Wildman–Crippen LogP) is 4.45. The first-order chi connectivity index (χ1) is 18.5. The van der Waals surface area contributed by atoms with E-state index in [0.29, 0.717) is 40.8 Å². The molecule has 38 heavy (non-hydrogen) atoms. The first-order valence-corrected chi connectivity index (χ1v) is 12.6. The number of carbonyl (C=O) groups excluding carboxylic acids is 1. The Labute approximate surface area is 220 Å². The molecule has 0 spiro atoms. The summed E-state index contributed by atoms with van der Waals surface area (Å²) in [4.78, 5) is 25.4. The van der Waals surface area contributed by atoms with E-state index in [9.17, 15) is 4.79 Å². The van der Waals surface area contributed by atoms with Gasteiger partial charge in [-0.25, -0.2) is 9.97 Å². The summed E-state index contributed by atoms with van der Waals surface area (Å²) in [5.74, 6) is 2.74. The van der Waals surface area contributed by atoms with Crippen molar-refractivity contribution in [2.75, 3.05) is 33.6 Å². The van der Waals surface area contributed by atoms with Crippen LogP contribution in [0.2, 0.25) is 0 Å². The molecule has 0 radical (unpaired) electrons. The monoisotopic (exact) mass is 516 g/mol. The average molecular weight is 517 g/mol. The van der Waals surface area contributed by atoms with E-state index in [1.54, 1.807) is 27.4 Å². The first-order valence-electron chi connectivity index (χ1n) is 12.6. The van der Waals surface area contributed by atoms with Crippen molar-refractivity contribution >= 4 is 44.6 Å².